The molecule has 0 aliphatic rings. The van der Waals surface area contributed by atoms with Crippen molar-refractivity contribution in [2.24, 2.45) is 0 Å². The van der Waals surface area contributed by atoms with Crippen LogP contribution in [0.2, 0.25) is 0 Å². The number of pyridine rings is 1. The molecule has 2 amide bonds. The van der Waals surface area contributed by atoms with E-state index >= 15 is 0 Å². The first kappa shape index (κ1) is 15.1. The molecule has 2 aromatic heterocycles. The van der Waals surface area contributed by atoms with Crippen LogP contribution in [0.3, 0.4) is 0 Å². The van der Waals surface area contributed by atoms with Gasteiger partial charge in [-0.3, -0.25) is 14.6 Å². The van der Waals surface area contributed by atoms with Crippen LogP contribution in [0.15, 0.2) is 24.4 Å². The van der Waals surface area contributed by atoms with E-state index in [-0.39, 0.29) is 17.9 Å². The summed E-state index contributed by atoms with van der Waals surface area (Å²) in [6, 6.07) is 5.40. The highest BCUT2D eigenvalue weighted by Gasteiger charge is 2.22. The molecule has 0 bridgehead atoms. The average molecular weight is 304 g/mol. The van der Waals surface area contributed by atoms with Crippen molar-refractivity contribution >= 4 is 29.0 Å². The summed E-state index contributed by atoms with van der Waals surface area (Å²) in [7, 11) is 0. The zero-order valence-electron chi connectivity index (χ0n) is 12.0. The van der Waals surface area contributed by atoms with Gasteiger partial charge >= 0.3 is 0 Å². The van der Waals surface area contributed by atoms with E-state index in [4.69, 9.17) is 0 Å². The molecule has 2 N–H and O–H groups in total. The fourth-order valence-corrected chi connectivity index (χ4v) is 2.49. The molecule has 2 heterocycles. The van der Waals surface area contributed by atoms with Crippen LogP contribution in [-0.2, 0) is 4.79 Å². The monoisotopic (exact) mass is 304 g/mol. The predicted molar refractivity (Wildman–Crippen MR) is 82.3 cm³/mol. The molecule has 0 unspecified atom stereocenters. The highest BCUT2D eigenvalue weighted by atomic mass is 32.1. The number of nitrogens with one attached hydrogen (secondary N) is 2. The van der Waals surface area contributed by atoms with Crippen LogP contribution in [0.4, 0.5) is 5.69 Å². The maximum atomic E-state index is 12.2. The van der Waals surface area contributed by atoms with E-state index in [9.17, 15) is 9.59 Å². The minimum atomic E-state index is -0.258. The van der Waals surface area contributed by atoms with E-state index < -0.39 is 0 Å². The van der Waals surface area contributed by atoms with Gasteiger partial charge in [-0.15, -0.1) is 0 Å². The fourth-order valence-electron chi connectivity index (χ4n) is 1.74. The topological polar surface area (TPSA) is 84.0 Å². The Morgan fingerprint density at radius 1 is 1.29 bits per heavy atom. The van der Waals surface area contributed by atoms with Crippen molar-refractivity contribution in [3.8, 4) is 11.4 Å². The number of hydrogen-bond acceptors (Lipinski definition) is 5. The van der Waals surface area contributed by atoms with Crippen LogP contribution in [0, 0.1) is 0 Å². The lowest BCUT2D eigenvalue weighted by Gasteiger charge is -2.09. The molecule has 7 heteroatoms. The molecule has 0 aliphatic heterocycles. The van der Waals surface area contributed by atoms with E-state index in [2.05, 4.69) is 20.0 Å². The maximum absolute atomic E-state index is 12.2. The summed E-state index contributed by atoms with van der Waals surface area (Å²) in [5, 5.41) is 5.48. The van der Waals surface area contributed by atoms with Gasteiger partial charge in [0.15, 0.2) is 0 Å². The van der Waals surface area contributed by atoms with Crippen LogP contribution < -0.4 is 10.6 Å². The Balaban J connectivity index is 2.45. The first-order valence-corrected chi connectivity index (χ1v) is 7.26. The second-order valence-corrected chi connectivity index (χ2v) is 5.53. The van der Waals surface area contributed by atoms with Crippen LogP contribution in [0.5, 0.6) is 0 Å². The minimum absolute atomic E-state index is 0.00285. The molecule has 0 spiro atoms. The van der Waals surface area contributed by atoms with Crippen LogP contribution in [0.25, 0.3) is 11.4 Å². The van der Waals surface area contributed by atoms with Gasteiger partial charge in [0.1, 0.15) is 10.6 Å². The smallest absolute Gasteiger partial charge is 0.265 e. The number of amides is 2. The lowest BCUT2D eigenvalue weighted by atomic mass is 10.2. The zero-order chi connectivity index (χ0) is 15.4. The van der Waals surface area contributed by atoms with Gasteiger partial charge in [-0.05, 0) is 37.5 Å². The number of anilines is 1. The van der Waals surface area contributed by atoms with Gasteiger partial charge in [0.05, 0.1) is 11.4 Å². The lowest BCUT2D eigenvalue weighted by molar-refractivity contribution is -0.114. The highest BCUT2D eigenvalue weighted by molar-refractivity contribution is 7.09. The van der Waals surface area contributed by atoms with Gasteiger partial charge < -0.3 is 10.6 Å². The third-order valence-corrected chi connectivity index (χ3v) is 3.37. The molecule has 0 saturated heterocycles. The number of nitrogens with zero attached hydrogens (tertiary/aromatic N) is 2. The Morgan fingerprint density at radius 2 is 2.05 bits per heavy atom. The molecule has 0 fully saturated rings. The molecular weight excluding hydrogens is 288 g/mol. The Morgan fingerprint density at radius 3 is 2.62 bits per heavy atom. The quantitative estimate of drug-likeness (QED) is 0.907. The predicted octanol–water partition coefficient (Wildman–Crippen LogP) is 2.30. The van der Waals surface area contributed by atoms with E-state index in [1.807, 2.05) is 19.9 Å². The summed E-state index contributed by atoms with van der Waals surface area (Å²) in [6.07, 6.45) is 1.64. The molecule has 0 aromatic carbocycles. The van der Waals surface area contributed by atoms with Gasteiger partial charge in [-0.2, -0.15) is 4.37 Å². The number of hydrogen-bond donors (Lipinski definition) is 2. The maximum Gasteiger partial charge on any atom is 0.265 e. The molecule has 0 aliphatic carbocycles. The molecule has 6 nitrogen and oxygen atoms in total. The van der Waals surface area contributed by atoms with E-state index in [0.29, 0.717) is 22.0 Å². The molecule has 0 radical (unpaired) electrons. The van der Waals surface area contributed by atoms with Gasteiger partial charge in [-0.1, -0.05) is 6.07 Å². The molecule has 2 aromatic rings. The third-order valence-electron chi connectivity index (χ3n) is 2.53. The molecule has 0 atom stereocenters. The second-order valence-electron chi connectivity index (χ2n) is 4.76. The standard InChI is InChI=1S/C14H16N4O2S/c1-8(2)16-14(20)13-12(17-9(3)19)11(18-21-13)10-6-4-5-7-15-10/h4-8H,1-3H3,(H,16,20)(H,17,19). The van der Waals surface area contributed by atoms with Crippen LogP contribution in [-0.4, -0.2) is 27.2 Å². The zero-order valence-corrected chi connectivity index (χ0v) is 12.8. The van der Waals surface area contributed by atoms with Gasteiger partial charge in [0.25, 0.3) is 5.91 Å². The average Bonchev–Trinajstić information content (AvgIpc) is 2.82. The fraction of sp³-hybridized carbons (Fsp3) is 0.286. The van der Waals surface area contributed by atoms with Crippen molar-refractivity contribution in [2.45, 2.75) is 26.8 Å². The van der Waals surface area contributed by atoms with Gasteiger partial charge in [0, 0.05) is 19.2 Å². The van der Waals surface area contributed by atoms with Crippen LogP contribution >= 0.6 is 11.5 Å². The number of aromatic nitrogens is 2. The summed E-state index contributed by atoms with van der Waals surface area (Å²) in [6.45, 7) is 5.14. The molecular formula is C14H16N4O2S. The summed E-state index contributed by atoms with van der Waals surface area (Å²) >= 11 is 1.05. The lowest BCUT2D eigenvalue weighted by Crippen LogP contribution is -2.30. The largest absolute Gasteiger partial charge is 0.349 e. The van der Waals surface area contributed by atoms with Crippen molar-refractivity contribution < 1.29 is 9.59 Å². The Bertz CT molecular complexity index is 652. The van der Waals surface area contributed by atoms with Crippen molar-refractivity contribution in [2.75, 3.05) is 5.32 Å². The van der Waals surface area contributed by atoms with Crippen molar-refractivity contribution in [1.82, 2.24) is 14.7 Å². The first-order valence-electron chi connectivity index (χ1n) is 6.48. The Hall–Kier alpha value is -2.28. The Kier molecular flexibility index (Phi) is 4.64. The Labute approximate surface area is 126 Å². The van der Waals surface area contributed by atoms with Crippen molar-refractivity contribution in [3.63, 3.8) is 0 Å². The highest BCUT2D eigenvalue weighted by Crippen LogP contribution is 2.32. The number of rotatable bonds is 4. The van der Waals surface area contributed by atoms with Crippen LogP contribution in [0.1, 0.15) is 30.4 Å². The minimum Gasteiger partial charge on any atom is -0.349 e. The number of carbonyl (C=O) groups is 2. The molecule has 21 heavy (non-hydrogen) atoms. The molecule has 2 rings (SSSR count). The second kappa shape index (κ2) is 6.45. The summed E-state index contributed by atoms with van der Waals surface area (Å²) in [5.41, 5.74) is 1.52. The van der Waals surface area contributed by atoms with Gasteiger partial charge in [0.2, 0.25) is 5.91 Å². The SMILES string of the molecule is CC(=O)Nc1c(-c2ccccn2)nsc1C(=O)NC(C)C. The summed E-state index contributed by atoms with van der Waals surface area (Å²) in [4.78, 5) is 28.2. The van der Waals surface area contributed by atoms with E-state index in [1.54, 1.807) is 18.3 Å². The molecule has 110 valence electrons. The molecule has 0 saturated carbocycles. The van der Waals surface area contributed by atoms with Crippen molar-refractivity contribution in [3.05, 3.63) is 29.3 Å². The van der Waals surface area contributed by atoms with E-state index in [1.165, 1.54) is 6.92 Å². The third kappa shape index (κ3) is 3.63. The van der Waals surface area contributed by atoms with E-state index in [0.717, 1.165) is 11.5 Å². The first-order chi connectivity index (χ1) is 9.99. The number of carbonyl (C=O) groups excluding carboxylic acids is 2. The van der Waals surface area contributed by atoms with Gasteiger partial charge in [-0.25, -0.2) is 0 Å². The van der Waals surface area contributed by atoms with Crippen molar-refractivity contribution in [1.29, 1.82) is 0 Å². The summed E-state index contributed by atoms with van der Waals surface area (Å²) < 4.78 is 4.27. The summed E-state index contributed by atoms with van der Waals surface area (Å²) in [5.74, 6) is -0.514. The normalized spacial score (nSPS) is 10.5.